The third-order valence-electron chi connectivity index (χ3n) is 2.04. The fourth-order valence-corrected chi connectivity index (χ4v) is 1.48. The van der Waals surface area contributed by atoms with Crippen LogP contribution in [-0.2, 0) is 0 Å². The molecule has 1 saturated carbocycles. The van der Waals surface area contributed by atoms with Gasteiger partial charge in [0.2, 0.25) is 0 Å². The highest BCUT2D eigenvalue weighted by Gasteiger charge is 2.12. The minimum Gasteiger partial charge on any atom is -0.344 e. The van der Waals surface area contributed by atoms with E-state index < -0.39 is 0 Å². The molecule has 0 aromatic heterocycles. The van der Waals surface area contributed by atoms with Crippen LogP contribution in [0.15, 0.2) is 0 Å². The SMILES string of the molecule is CCCNC1CCCC1.N. The van der Waals surface area contributed by atoms with Crippen LogP contribution >= 0.6 is 0 Å². The lowest BCUT2D eigenvalue weighted by Gasteiger charge is -2.09. The summed E-state index contributed by atoms with van der Waals surface area (Å²) in [5.74, 6) is 0. The molecule has 0 saturated heterocycles. The summed E-state index contributed by atoms with van der Waals surface area (Å²) in [6.45, 7) is 3.44. The van der Waals surface area contributed by atoms with Crippen molar-refractivity contribution in [3.63, 3.8) is 0 Å². The minimum absolute atomic E-state index is 0. The fourth-order valence-electron chi connectivity index (χ4n) is 1.48. The Bertz CT molecular complexity index is 67.7. The van der Waals surface area contributed by atoms with Crippen molar-refractivity contribution in [2.75, 3.05) is 6.54 Å². The minimum atomic E-state index is 0. The molecule has 2 heteroatoms. The van der Waals surface area contributed by atoms with E-state index in [1.54, 1.807) is 0 Å². The van der Waals surface area contributed by atoms with Gasteiger partial charge in [-0.25, -0.2) is 0 Å². The second-order valence-corrected chi connectivity index (χ2v) is 2.94. The molecular formula is C8H20N2. The average molecular weight is 144 g/mol. The lowest BCUT2D eigenvalue weighted by molar-refractivity contribution is 0.523. The van der Waals surface area contributed by atoms with Crippen molar-refractivity contribution in [3.05, 3.63) is 0 Å². The standard InChI is InChI=1S/C8H17N.H3N/c1-2-7-9-8-5-3-4-6-8;/h8-9H,2-7H2,1H3;1H3. The summed E-state index contributed by atoms with van der Waals surface area (Å²) in [6.07, 6.45) is 7.00. The molecule has 1 fully saturated rings. The van der Waals surface area contributed by atoms with Gasteiger partial charge in [-0.05, 0) is 25.8 Å². The Balaban J connectivity index is 0.000000810. The Morgan fingerprint density at radius 1 is 1.30 bits per heavy atom. The van der Waals surface area contributed by atoms with Crippen LogP contribution in [0.2, 0.25) is 0 Å². The van der Waals surface area contributed by atoms with Gasteiger partial charge in [0, 0.05) is 6.04 Å². The first-order chi connectivity index (χ1) is 4.43. The average Bonchev–Trinajstić information content (AvgIpc) is 2.34. The summed E-state index contributed by atoms with van der Waals surface area (Å²) >= 11 is 0. The van der Waals surface area contributed by atoms with Crippen molar-refractivity contribution >= 4 is 0 Å². The molecular weight excluding hydrogens is 124 g/mol. The molecule has 0 radical (unpaired) electrons. The highest BCUT2D eigenvalue weighted by atomic mass is 14.9. The topological polar surface area (TPSA) is 47.0 Å². The van der Waals surface area contributed by atoms with E-state index in [0.717, 1.165) is 6.04 Å². The highest BCUT2D eigenvalue weighted by Crippen LogP contribution is 2.17. The van der Waals surface area contributed by atoms with Gasteiger partial charge >= 0.3 is 0 Å². The van der Waals surface area contributed by atoms with Gasteiger partial charge in [-0.15, -0.1) is 0 Å². The van der Waals surface area contributed by atoms with Gasteiger partial charge in [-0.1, -0.05) is 19.8 Å². The molecule has 0 atom stereocenters. The van der Waals surface area contributed by atoms with Crippen molar-refractivity contribution in [1.82, 2.24) is 11.5 Å². The van der Waals surface area contributed by atoms with Gasteiger partial charge in [-0.2, -0.15) is 0 Å². The Labute approximate surface area is 64.0 Å². The zero-order chi connectivity index (χ0) is 6.53. The van der Waals surface area contributed by atoms with Gasteiger partial charge in [0.25, 0.3) is 0 Å². The van der Waals surface area contributed by atoms with Crippen LogP contribution in [0.3, 0.4) is 0 Å². The predicted octanol–water partition coefficient (Wildman–Crippen LogP) is 2.09. The van der Waals surface area contributed by atoms with E-state index in [-0.39, 0.29) is 6.15 Å². The third-order valence-corrected chi connectivity index (χ3v) is 2.04. The van der Waals surface area contributed by atoms with E-state index in [9.17, 15) is 0 Å². The van der Waals surface area contributed by atoms with Crippen LogP contribution in [0.25, 0.3) is 0 Å². The zero-order valence-corrected chi connectivity index (χ0v) is 7.03. The van der Waals surface area contributed by atoms with E-state index in [0.29, 0.717) is 0 Å². The van der Waals surface area contributed by atoms with Crippen molar-refractivity contribution in [3.8, 4) is 0 Å². The van der Waals surface area contributed by atoms with Crippen molar-refractivity contribution in [2.24, 2.45) is 0 Å². The van der Waals surface area contributed by atoms with E-state index >= 15 is 0 Å². The number of nitrogens with one attached hydrogen (secondary N) is 1. The summed E-state index contributed by atoms with van der Waals surface area (Å²) < 4.78 is 0. The second kappa shape index (κ2) is 5.69. The molecule has 0 bridgehead atoms. The molecule has 0 aliphatic heterocycles. The number of rotatable bonds is 3. The van der Waals surface area contributed by atoms with Gasteiger partial charge in [0.05, 0.1) is 0 Å². The van der Waals surface area contributed by atoms with E-state index in [1.807, 2.05) is 0 Å². The summed E-state index contributed by atoms with van der Waals surface area (Å²) in [4.78, 5) is 0. The summed E-state index contributed by atoms with van der Waals surface area (Å²) in [6, 6.07) is 0.866. The molecule has 2 nitrogen and oxygen atoms in total. The molecule has 10 heavy (non-hydrogen) atoms. The van der Waals surface area contributed by atoms with Gasteiger partial charge in [0.1, 0.15) is 0 Å². The lowest BCUT2D eigenvalue weighted by Crippen LogP contribution is -2.26. The molecule has 62 valence electrons. The van der Waals surface area contributed by atoms with Crippen LogP contribution < -0.4 is 11.5 Å². The van der Waals surface area contributed by atoms with Crippen molar-refractivity contribution in [1.29, 1.82) is 0 Å². The van der Waals surface area contributed by atoms with E-state index in [1.165, 1.54) is 38.6 Å². The van der Waals surface area contributed by atoms with Crippen LogP contribution in [0.1, 0.15) is 39.0 Å². The molecule has 4 N–H and O–H groups in total. The molecule has 0 unspecified atom stereocenters. The molecule has 0 spiro atoms. The van der Waals surface area contributed by atoms with Gasteiger partial charge in [0.15, 0.2) is 0 Å². The van der Waals surface area contributed by atoms with Crippen molar-refractivity contribution < 1.29 is 0 Å². The smallest absolute Gasteiger partial charge is 0.00670 e. The zero-order valence-electron chi connectivity index (χ0n) is 7.03. The highest BCUT2D eigenvalue weighted by molar-refractivity contribution is 4.72. The van der Waals surface area contributed by atoms with E-state index in [2.05, 4.69) is 12.2 Å². The van der Waals surface area contributed by atoms with Gasteiger partial charge in [-0.3, -0.25) is 0 Å². The predicted molar refractivity (Wildman–Crippen MR) is 45.6 cm³/mol. The van der Waals surface area contributed by atoms with Gasteiger partial charge < -0.3 is 11.5 Å². The van der Waals surface area contributed by atoms with Crippen LogP contribution in [0.5, 0.6) is 0 Å². The van der Waals surface area contributed by atoms with Crippen LogP contribution in [-0.4, -0.2) is 12.6 Å². The molecule has 0 aromatic rings. The summed E-state index contributed by atoms with van der Waals surface area (Å²) in [7, 11) is 0. The summed E-state index contributed by atoms with van der Waals surface area (Å²) in [5.41, 5.74) is 0. The maximum atomic E-state index is 3.53. The normalized spacial score (nSPS) is 18.9. The first kappa shape index (κ1) is 9.92. The molecule has 1 aliphatic carbocycles. The maximum Gasteiger partial charge on any atom is 0.00670 e. The second-order valence-electron chi connectivity index (χ2n) is 2.94. The Hall–Kier alpha value is -0.0800. The Morgan fingerprint density at radius 2 is 1.90 bits per heavy atom. The van der Waals surface area contributed by atoms with Crippen LogP contribution in [0.4, 0.5) is 0 Å². The molecule has 0 amide bonds. The van der Waals surface area contributed by atoms with Crippen LogP contribution in [0, 0.1) is 0 Å². The lowest BCUT2D eigenvalue weighted by atomic mass is 10.2. The number of hydrogen-bond acceptors (Lipinski definition) is 2. The Morgan fingerprint density at radius 3 is 2.40 bits per heavy atom. The largest absolute Gasteiger partial charge is 0.344 e. The first-order valence-electron chi connectivity index (χ1n) is 4.17. The maximum absolute atomic E-state index is 3.53. The fraction of sp³-hybridized carbons (Fsp3) is 1.00. The quantitative estimate of drug-likeness (QED) is 0.637. The molecule has 1 aliphatic rings. The van der Waals surface area contributed by atoms with E-state index in [4.69, 9.17) is 0 Å². The summed E-state index contributed by atoms with van der Waals surface area (Å²) in [5, 5.41) is 3.53. The number of hydrogen-bond donors (Lipinski definition) is 2. The monoisotopic (exact) mass is 144 g/mol. The molecule has 0 heterocycles. The third kappa shape index (κ3) is 3.18. The molecule has 1 rings (SSSR count). The first-order valence-corrected chi connectivity index (χ1v) is 4.17. The molecule has 0 aromatic carbocycles. The van der Waals surface area contributed by atoms with Crippen molar-refractivity contribution in [2.45, 2.75) is 45.1 Å². The Kier molecular flexibility index (Phi) is 5.64.